The summed E-state index contributed by atoms with van der Waals surface area (Å²) in [6.07, 6.45) is 0.755. The molecule has 5 rings (SSSR count). The number of aromatic nitrogens is 1. The van der Waals surface area contributed by atoms with Crippen molar-refractivity contribution in [2.24, 2.45) is 0 Å². The van der Waals surface area contributed by atoms with Crippen molar-refractivity contribution in [3.63, 3.8) is 0 Å². The Morgan fingerprint density at radius 2 is 1.83 bits per heavy atom. The molecule has 1 amide bonds. The number of H-pyrrole nitrogens is 1. The smallest absolute Gasteiger partial charge is 0.410 e. The highest BCUT2D eigenvalue weighted by Crippen LogP contribution is 2.27. The Bertz CT molecular complexity index is 1060. The second-order valence-electron chi connectivity index (χ2n) is 8.28. The van der Waals surface area contributed by atoms with E-state index in [-0.39, 0.29) is 12.7 Å². The topological polar surface area (TPSA) is 68.8 Å². The number of aliphatic hydroxyl groups is 1. The van der Waals surface area contributed by atoms with Crippen LogP contribution in [-0.2, 0) is 30.7 Å². The molecule has 0 bridgehead atoms. The lowest BCUT2D eigenvalue weighted by molar-refractivity contribution is 0.0255. The van der Waals surface area contributed by atoms with Gasteiger partial charge in [-0.3, -0.25) is 4.90 Å². The van der Waals surface area contributed by atoms with E-state index in [0.29, 0.717) is 19.6 Å². The van der Waals surface area contributed by atoms with Crippen molar-refractivity contribution in [1.82, 2.24) is 14.8 Å². The maximum atomic E-state index is 12.4. The quantitative estimate of drug-likeness (QED) is 0.700. The van der Waals surface area contributed by atoms with Gasteiger partial charge in [-0.25, -0.2) is 4.79 Å². The van der Waals surface area contributed by atoms with Crippen LogP contribution in [0.3, 0.4) is 0 Å². The first-order chi connectivity index (χ1) is 14.7. The number of carbonyl (C=O) groups excluding carboxylic acids is 1. The van der Waals surface area contributed by atoms with Gasteiger partial charge in [0, 0.05) is 49.3 Å². The van der Waals surface area contributed by atoms with Gasteiger partial charge in [0.05, 0.1) is 0 Å². The molecule has 0 saturated carbocycles. The van der Waals surface area contributed by atoms with Gasteiger partial charge in [0.25, 0.3) is 0 Å². The third-order valence-electron chi connectivity index (χ3n) is 6.22. The molecule has 156 valence electrons. The van der Waals surface area contributed by atoms with Crippen LogP contribution in [0.4, 0.5) is 4.79 Å². The zero-order valence-electron chi connectivity index (χ0n) is 17.0. The van der Waals surface area contributed by atoms with E-state index in [2.05, 4.69) is 40.2 Å². The van der Waals surface area contributed by atoms with E-state index >= 15 is 0 Å². The Morgan fingerprint density at radius 1 is 1.03 bits per heavy atom. The number of aliphatic hydroxyl groups excluding tert-OH is 1. The van der Waals surface area contributed by atoms with Crippen LogP contribution in [0.25, 0.3) is 10.9 Å². The molecule has 2 aromatic carbocycles. The molecule has 2 aliphatic heterocycles. The first-order valence-electron chi connectivity index (χ1n) is 10.6. The second kappa shape index (κ2) is 8.13. The zero-order chi connectivity index (χ0) is 20.5. The number of nitrogens with zero attached hydrogens (tertiary/aromatic N) is 2. The molecule has 6 heteroatoms. The summed E-state index contributed by atoms with van der Waals surface area (Å²) >= 11 is 0. The van der Waals surface area contributed by atoms with Crippen LogP contribution in [0.15, 0.2) is 48.5 Å². The van der Waals surface area contributed by atoms with Gasteiger partial charge < -0.3 is 19.7 Å². The number of fused-ring (bicyclic) bond motifs is 4. The standard InChI is InChI=1S/C24H27N3O3/c28-19(16-30-24(29)27-12-9-17-5-1-2-6-18(17)13-27)14-26-11-10-21-20-7-3-4-8-22(20)25-23(21)15-26/h1-8,19,25,28H,9-16H2. The fraction of sp³-hybridized carbons (Fsp3) is 0.375. The SMILES string of the molecule is O=C(OCC(O)CN1CCc2c([nH]c3ccccc23)C1)N1CCc2ccccc2C1. The minimum absolute atomic E-state index is 0.0209. The van der Waals surface area contributed by atoms with E-state index in [1.165, 1.54) is 33.3 Å². The van der Waals surface area contributed by atoms with Gasteiger partial charge in [-0.1, -0.05) is 42.5 Å². The fourth-order valence-corrected chi connectivity index (χ4v) is 4.67. The van der Waals surface area contributed by atoms with Crippen molar-refractivity contribution in [2.45, 2.75) is 32.0 Å². The number of benzene rings is 2. The monoisotopic (exact) mass is 405 g/mol. The lowest BCUT2D eigenvalue weighted by atomic mass is 10.0. The van der Waals surface area contributed by atoms with Crippen molar-refractivity contribution in [1.29, 1.82) is 0 Å². The average Bonchev–Trinajstić information content (AvgIpc) is 3.15. The number of aromatic amines is 1. The van der Waals surface area contributed by atoms with E-state index < -0.39 is 6.10 Å². The summed E-state index contributed by atoms with van der Waals surface area (Å²) in [7, 11) is 0. The third kappa shape index (κ3) is 3.80. The van der Waals surface area contributed by atoms with E-state index in [4.69, 9.17) is 4.74 Å². The molecule has 6 nitrogen and oxygen atoms in total. The molecule has 2 N–H and O–H groups in total. The molecule has 30 heavy (non-hydrogen) atoms. The van der Waals surface area contributed by atoms with E-state index in [1.54, 1.807) is 4.90 Å². The second-order valence-corrected chi connectivity index (χ2v) is 8.28. The van der Waals surface area contributed by atoms with Crippen molar-refractivity contribution in [3.8, 4) is 0 Å². The molecular weight excluding hydrogens is 378 g/mol. The number of rotatable bonds is 4. The van der Waals surface area contributed by atoms with Crippen LogP contribution in [0.1, 0.15) is 22.4 Å². The normalized spacial score (nSPS) is 17.4. The van der Waals surface area contributed by atoms with Gasteiger partial charge in [-0.05, 0) is 35.6 Å². The number of carbonyl (C=O) groups is 1. The predicted molar refractivity (Wildman–Crippen MR) is 115 cm³/mol. The molecule has 3 aromatic rings. The van der Waals surface area contributed by atoms with Crippen molar-refractivity contribution >= 4 is 17.0 Å². The van der Waals surface area contributed by atoms with Crippen LogP contribution >= 0.6 is 0 Å². The molecule has 1 atom stereocenters. The number of hydrogen-bond donors (Lipinski definition) is 2. The highest BCUT2D eigenvalue weighted by molar-refractivity contribution is 5.84. The average molecular weight is 405 g/mol. The summed E-state index contributed by atoms with van der Waals surface area (Å²) in [6.45, 7) is 3.40. The molecule has 1 unspecified atom stereocenters. The van der Waals surface area contributed by atoms with Gasteiger partial charge in [0.15, 0.2) is 0 Å². The van der Waals surface area contributed by atoms with Gasteiger partial charge in [-0.15, -0.1) is 0 Å². The van der Waals surface area contributed by atoms with Crippen molar-refractivity contribution in [2.75, 3.05) is 26.2 Å². The lowest BCUT2D eigenvalue weighted by Crippen LogP contribution is -2.41. The summed E-state index contributed by atoms with van der Waals surface area (Å²) in [5, 5.41) is 11.7. The van der Waals surface area contributed by atoms with Crippen LogP contribution in [0.5, 0.6) is 0 Å². The Kier molecular flexibility index (Phi) is 5.19. The highest BCUT2D eigenvalue weighted by atomic mass is 16.6. The Morgan fingerprint density at radius 3 is 2.73 bits per heavy atom. The largest absolute Gasteiger partial charge is 0.447 e. The number of amides is 1. The first-order valence-corrected chi connectivity index (χ1v) is 10.6. The van der Waals surface area contributed by atoms with E-state index in [9.17, 15) is 9.90 Å². The summed E-state index contributed by atoms with van der Waals surface area (Å²) in [5.41, 5.74) is 6.24. The molecule has 0 spiro atoms. The Labute approximate surface area is 176 Å². The summed E-state index contributed by atoms with van der Waals surface area (Å²) < 4.78 is 5.42. The molecule has 0 aliphatic carbocycles. The van der Waals surface area contributed by atoms with Crippen LogP contribution < -0.4 is 0 Å². The minimum atomic E-state index is -0.697. The van der Waals surface area contributed by atoms with Crippen molar-refractivity contribution in [3.05, 3.63) is 70.9 Å². The Balaban J connectivity index is 1.13. The number of β-amino-alcohol motifs (C(OH)–C–C–N with tert-alkyl or cyclic N) is 1. The molecule has 2 aliphatic rings. The Hall–Kier alpha value is -2.83. The molecule has 0 radical (unpaired) electrons. The predicted octanol–water partition coefficient (Wildman–Crippen LogP) is 3.08. The number of ether oxygens (including phenoxy) is 1. The lowest BCUT2D eigenvalue weighted by Gasteiger charge is -2.30. The molecule has 0 saturated heterocycles. The van der Waals surface area contributed by atoms with Gasteiger partial charge >= 0.3 is 6.09 Å². The molecule has 3 heterocycles. The van der Waals surface area contributed by atoms with E-state index in [1.807, 2.05) is 18.2 Å². The number of nitrogens with one attached hydrogen (secondary N) is 1. The maximum Gasteiger partial charge on any atom is 0.410 e. The molecular formula is C24H27N3O3. The highest BCUT2D eigenvalue weighted by Gasteiger charge is 2.25. The first kappa shape index (κ1) is 19.2. The molecule has 0 fully saturated rings. The molecule has 1 aromatic heterocycles. The van der Waals surface area contributed by atoms with E-state index in [0.717, 1.165) is 25.9 Å². The van der Waals surface area contributed by atoms with Crippen LogP contribution in [0, 0.1) is 0 Å². The summed E-state index contributed by atoms with van der Waals surface area (Å²) in [6, 6.07) is 16.6. The summed E-state index contributed by atoms with van der Waals surface area (Å²) in [4.78, 5) is 19.9. The number of hydrogen-bond acceptors (Lipinski definition) is 4. The van der Waals surface area contributed by atoms with Crippen LogP contribution in [0.2, 0.25) is 0 Å². The summed E-state index contributed by atoms with van der Waals surface area (Å²) in [5.74, 6) is 0. The van der Waals surface area contributed by atoms with Crippen molar-refractivity contribution < 1.29 is 14.6 Å². The van der Waals surface area contributed by atoms with Crippen LogP contribution in [-0.4, -0.2) is 58.3 Å². The minimum Gasteiger partial charge on any atom is -0.447 e. The zero-order valence-corrected chi connectivity index (χ0v) is 17.0. The third-order valence-corrected chi connectivity index (χ3v) is 6.22. The van der Waals surface area contributed by atoms with Gasteiger partial charge in [0.2, 0.25) is 0 Å². The maximum absolute atomic E-state index is 12.4. The number of para-hydroxylation sites is 1. The van der Waals surface area contributed by atoms with Gasteiger partial charge in [-0.2, -0.15) is 0 Å². The van der Waals surface area contributed by atoms with Gasteiger partial charge in [0.1, 0.15) is 12.7 Å². The fourth-order valence-electron chi connectivity index (χ4n) is 4.67.